The number of hydrogen-bond acceptors (Lipinski definition) is 8. The third kappa shape index (κ3) is 5.52. The van der Waals surface area contributed by atoms with Crippen LogP contribution in [0.5, 0.6) is 0 Å². The molecule has 3 aromatic rings. The molecule has 0 aliphatic heterocycles. The van der Waals surface area contributed by atoms with Gasteiger partial charge in [-0.25, -0.2) is 9.78 Å². The molecule has 1 N–H and O–H groups in total. The molecule has 0 saturated heterocycles. The number of esters is 1. The van der Waals surface area contributed by atoms with E-state index < -0.39 is 10.9 Å². The van der Waals surface area contributed by atoms with Crippen molar-refractivity contribution in [2.24, 2.45) is 0 Å². The molecule has 1 heterocycles. The van der Waals surface area contributed by atoms with Crippen LogP contribution in [-0.4, -0.2) is 22.0 Å². The molecule has 0 atom stereocenters. The summed E-state index contributed by atoms with van der Waals surface area (Å²) in [6.07, 6.45) is 1.33. The fourth-order valence-electron chi connectivity index (χ4n) is 2.59. The summed E-state index contributed by atoms with van der Waals surface area (Å²) in [6.45, 7) is 3.57. The van der Waals surface area contributed by atoms with Gasteiger partial charge in [0, 0.05) is 35.0 Å². The number of nitrogens with one attached hydrogen (secondary N) is 1. The maximum absolute atomic E-state index is 11.9. The van der Waals surface area contributed by atoms with E-state index >= 15 is 0 Å². The van der Waals surface area contributed by atoms with Crippen molar-refractivity contribution >= 4 is 34.3 Å². The molecule has 1 aromatic heterocycles. The molecule has 0 bridgehead atoms. The Hall–Kier alpha value is -4.03. The second-order valence-electron chi connectivity index (χ2n) is 6.69. The summed E-state index contributed by atoms with van der Waals surface area (Å²) >= 11 is 1.27. The number of allylic oxidation sites excluding steroid dienone is 1. The number of nitriles is 1. The summed E-state index contributed by atoms with van der Waals surface area (Å²) < 4.78 is 5.15. The molecule has 0 radical (unpaired) electrons. The van der Waals surface area contributed by atoms with Crippen molar-refractivity contribution in [1.82, 2.24) is 4.98 Å². The largest absolute Gasteiger partial charge is 0.459 e. The summed E-state index contributed by atoms with van der Waals surface area (Å²) in [5.74, 6) is -0.397. The molecule has 0 aliphatic carbocycles. The van der Waals surface area contributed by atoms with Gasteiger partial charge in [-0.05, 0) is 38.1 Å². The summed E-state index contributed by atoms with van der Waals surface area (Å²) in [5, 5.41) is 25.7. The van der Waals surface area contributed by atoms with Crippen molar-refractivity contribution in [2.45, 2.75) is 20.0 Å². The first kappa shape index (κ1) is 21.7. The fraction of sp³-hybridized carbons (Fsp3) is 0.136. The second-order valence-corrected chi connectivity index (χ2v) is 7.55. The lowest BCUT2D eigenvalue weighted by atomic mass is 10.1. The van der Waals surface area contributed by atoms with Crippen LogP contribution in [0.2, 0.25) is 0 Å². The number of nitrogens with zero attached hydrogens (tertiary/aromatic N) is 3. The van der Waals surface area contributed by atoms with Crippen LogP contribution in [0.3, 0.4) is 0 Å². The molecular weight excluding hydrogens is 416 g/mol. The van der Waals surface area contributed by atoms with E-state index in [1.807, 2.05) is 0 Å². The molecule has 0 aliphatic rings. The van der Waals surface area contributed by atoms with Gasteiger partial charge in [-0.3, -0.25) is 10.1 Å². The Bertz CT molecular complexity index is 1180. The van der Waals surface area contributed by atoms with Crippen molar-refractivity contribution in [3.8, 4) is 17.3 Å². The van der Waals surface area contributed by atoms with Crippen LogP contribution in [-0.2, 0) is 4.74 Å². The van der Waals surface area contributed by atoms with E-state index in [-0.39, 0.29) is 11.8 Å². The van der Waals surface area contributed by atoms with Crippen molar-refractivity contribution < 1.29 is 14.5 Å². The zero-order chi connectivity index (χ0) is 22.4. The van der Waals surface area contributed by atoms with E-state index in [2.05, 4.69) is 16.4 Å². The molecule has 2 aromatic carbocycles. The van der Waals surface area contributed by atoms with Gasteiger partial charge in [-0.15, -0.1) is 11.3 Å². The monoisotopic (exact) mass is 434 g/mol. The average molecular weight is 434 g/mol. The van der Waals surface area contributed by atoms with Gasteiger partial charge in [0.15, 0.2) is 0 Å². The molecule has 0 unspecified atom stereocenters. The van der Waals surface area contributed by atoms with Crippen molar-refractivity contribution in [3.05, 3.63) is 80.8 Å². The molecule has 0 fully saturated rings. The predicted molar refractivity (Wildman–Crippen MR) is 118 cm³/mol. The standard InChI is InChI=1S/C22H18N4O4S/c1-14(2)30-22(27)15-6-8-18(9-7-15)24-12-17(11-23)21-25-20(13-31-21)16-4-3-5-19(10-16)26(28)29/h3-10,12-14,24H,1-2H3. The van der Waals surface area contributed by atoms with Crippen LogP contribution in [0.1, 0.15) is 29.2 Å². The third-order valence-corrected chi connectivity index (χ3v) is 4.93. The first-order chi connectivity index (χ1) is 14.9. The van der Waals surface area contributed by atoms with E-state index in [0.717, 1.165) is 0 Å². The number of anilines is 1. The zero-order valence-electron chi connectivity index (χ0n) is 16.7. The Labute approximate surface area is 182 Å². The van der Waals surface area contributed by atoms with E-state index in [9.17, 15) is 20.2 Å². The van der Waals surface area contributed by atoms with Gasteiger partial charge in [0.05, 0.1) is 22.3 Å². The lowest BCUT2D eigenvalue weighted by Gasteiger charge is -2.08. The summed E-state index contributed by atoms with van der Waals surface area (Å²) in [6, 6.07) is 15.0. The first-order valence-corrected chi connectivity index (χ1v) is 10.1. The molecule has 31 heavy (non-hydrogen) atoms. The summed E-state index contributed by atoms with van der Waals surface area (Å²) in [4.78, 5) is 26.8. The number of carbonyl (C=O) groups is 1. The number of nitro benzene ring substituents is 1. The fourth-order valence-corrected chi connectivity index (χ4v) is 3.39. The summed E-state index contributed by atoms with van der Waals surface area (Å²) in [5.41, 5.74) is 2.56. The topological polar surface area (TPSA) is 118 Å². The normalized spacial score (nSPS) is 11.1. The average Bonchev–Trinajstić information content (AvgIpc) is 3.24. The molecule has 0 saturated carbocycles. The van der Waals surface area contributed by atoms with E-state index in [1.165, 1.54) is 29.7 Å². The predicted octanol–water partition coefficient (Wildman–Crippen LogP) is 5.26. The highest BCUT2D eigenvalue weighted by atomic mass is 32.1. The lowest BCUT2D eigenvalue weighted by molar-refractivity contribution is -0.384. The van der Waals surface area contributed by atoms with Crippen LogP contribution in [0.4, 0.5) is 11.4 Å². The van der Waals surface area contributed by atoms with Crippen LogP contribution >= 0.6 is 11.3 Å². The highest BCUT2D eigenvalue weighted by Gasteiger charge is 2.12. The Morgan fingerprint density at radius 2 is 2.03 bits per heavy atom. The first-order valence-electron chi connectivity index (χ1n) is 9.26. The minimum atomic E-state index is -0.463. The number of benzene rings is 2. The molecule has 8 nitrogen and oxygen atoms in total. The molecule has 9 heteroatoms. The van der Waals surface area contributed by atoms with Crippen LogP contribution in [0.25, 0.3) is 16.8 Å². The van der Waals surface area contributed by atoms with Crippen molar-refractivity contribution in [3.63, 3.8) is 0 Å². The van der Waals surface area contributed by atoms with Gasteiger partial charge in [-0.2, -0.15) is 5.26 Å². The quantitative estimate of drug-likeness (QED) is 0.233. The van der Waals surface area contributed by atoms with Crippen LogP contribution < -0.4 is 5.32 Å². The molecule has 0 spiro atoms. The Balaban J connectivity index is 1.74. The van der Waals surface area contributed by atoms with Gasteiger partial charge in [0.2, 0.25) is 0 Å². The lowest BCUT2D eigenvalue weighted by Crippen LogP contribution is -2.11. The van der Waals surface area contributed by atoms with Gasteiger partial charge < -0.3 is 10.1 Å². The molecule has 3 rings (SSSR count). The highest BCUT2D eigenvalue weighted by Crippen LogP contribution is 2.28. The minimum absolute atomic E-state index is 0.0227. The third-order valence-electron chi connectivity index (χ3n) is 4.05. The second kappa shape index (κ2) is 9.65. The van der Waals surface area contributed by atoms with Crippen molar-refractivity contribution in [1.29, 1.82) is 5.26 Å². The maximum atomic E-state index is 11.9. The minimum Gasteiger partial charge on any atom is -0.459 e. The van der Waals surface area contributed by atoms with Gasteiger partial charge in [0.25, 0.3) is 5.69 Å². The number of rotatable bonds is 7. The Morgan fingerprint density at radius 1 is 1.29 bits per heavy atom. The van der Waals surface area contributed by atoms with Gasteiger partial charge in [-0.1, -0.05) is 12.1 Å². The SMILES string of the molecule is CC(C)OC(=O)c1ccc(NC=C(C#N)c2nc(-c3cccc([N+](=O)[O-])c3)cs2)cc1. The number of carbonyl (C=O) groups excluding carboxylic acids is 1. The number of hydrogen-bond donors (Lipinski definition) is 1. The number of non-ortho nitro benzene ring substituents is 1. The number of aromatic nitrogens is 1. The number of ether oxygens (including phenoxy) is 1. The number of nitro groups is 1. The van der Waals surface area contributed by atoms with Gasteiger partial charge in [0.1, 0.15) is 16.6 Å². The Kier molecular flexibility index (Phi) is 6.74. The maximum Gasteiger partial charge on any atom is 0.338 e. The van der Waals surface area contributed by atoms with Crippen LogP contribution in [0.15, 0.2) is 60.1 Å². The van der Waals surface area contributed by atoms with Gasteiger partial charge >= 0.3 is 5.97 Å². The van der Waals surface area contributed by atoms with E-state index in [0.29, 0.717) is 33.1 Å². The smallest absolute Gasteiger partial charge is 0.338 e. The highest BCUT2D eigenvalue weighted by molar-refractivity contribution is 7.11. The van der Waals surface area contributed by atoms with E-state index in [1.54, 1.807) is 55.6 Å². The number of thiazole rings is 1. The molecule has 0 amide bonds. The van der Waals surface area contributed by atoms with Crippen LogP contribution in [0, 0.1) is 21.4 Å². The Morgan fingerprint density at radius 3 is 2.68 bits per heavy atom. The van der Waals surface area contributed by atoms with E-state index in [4.69, 9.17) is 4.74 Å². The molecule has 156 valence electrons. The molecular formula is C22H18N4O4S. The zero-order valence-corrected chi connectivity index (χ0v) is 17.6. The van der Waals surface area contributed by atoms with Crippen molar-refractivity contribution in [2.75, 3.05) is 5.32 Å². The summed E-state index contributed by atoms with van der Waals surface area (Å²) in [7, 11) is 0.